The van der Waals surface area contributed by atoms with Crippen molar-refractivity contribution in [3.8, 4) is 0 Å². The smallest absolute Gasteiger partial charge is 0.335 e. The van der Waals surface area contributed by atoms with Gasteiger partial charge >= 0.3 is 5.97 Å². The average molecular weight is 348 g/mol. The van der Waals surface area contributed by atoms with Gasteiger partial charge in [0.25, 0.3) is 5.92 Å². The minimum atomic E-state index is -3.00. The molecule has 0 radical (unpaired) electrons. The number of anilines is 1. The van der Waals surface area contributed by atoms with Gasteiger partial charge in [-0.2, -0.15) is 0 Å². The SMILES string of the molecule is C=CC(=O)NC1=C(C(=O)O)C(Nc2cccc(C(C)(F)F)c2)CC=C1. The summed E-state index contributed by atoms with van der Waals surface area (Å²) < 4.78 is 26.9. The highest BCUT2D eigenvalue weighted by Gasteiger charge is 2.28. The maximum absolute atomic E-state index is 13.5. The molecule has 1 amide bonds. The van der Waals surface area contributed by atoms with E-state index in [2.05, 4.69) is 17.2 Å². The minimum Gasteiger partial charge on any atom is -0.478 e. The molecule has 25 heavy (non-hydrogen) atoms. The zero-order valence-electron chi connectivity index (χ0n) is 13.6. The van der Waals surface area contributed by atoms with E-state index >= 15 is 0 Å². The molecule has 0 bridgehead atoms. The van der Waals surface area contributed by atoms with Gasteiger partial charge in [-0.3, -0.25) is 4.79 Å². The molecule has 1 aromatic carbocycles. The summed E-state index contributed by atoms with van der Waals surface area (Å²) in [5, 5.41) is 14.9. The highest BCUT2D eigenvalue weighted by atomic mass is 19.3. The second kappa shape index (κ2) is 7.29. The summed E-state index contributed by atoms with van der Waals surface area (Å²) in [5.74, 6) is -4.75. The van der Waals surface area contributed by atoms with Crippen LogP contribution in [0.1, 0.15) is 18.9 Å². The first-order chi connectivity index (χ1) is 11.7. The highest BCUT2D eigenvalue weighted by molar-refractivity contribution is 5.94. The monoisotopic (exact) mass is 348 g/mol. The van der Waals surface area contributed by atoms with Crippen molar-refractivity contribution in [2.75, 3.05) is 5.32 Å². The fraction of sp³-hybridized carbons (Fsp3) is 0.222. The van der Waals surface area contributed by atoms with Crippen LogP contribution in [0.15, 0.2) is 60.3 Å². The minimum absolute atomic E-state index is 0.0497. The molecule has 0 spiro atoms. The molecule has 0 fully saturated rings. The predicted octanol–water partition coefficient (Wildman–Crippen LogP) is 3.18. The molecule has 3 N–H and O–H groups in total. The quantitative estimate of drug-likeness (QED) is 0.690. The normalized spacial score (nSPS) is 17.2. The largest absolute Gasteiger partial charge is 0.478 e. The first-order valence-electron chi connectivity index (χ1n) is 7.54. The van der Waals surface area contributed by atoms with Crippen LogP contribution >= 0.6 is 0 Å². The molecule has 0 saturated carbocycles. The van der Waals surface area contributed by atoms with E-state index in [9.17, 15) is 23.5 Å². The average Bonchev–Trinajstić information content (AvgIpc) is 2.54. The van der Waals surface area contributed by atoms with Crippen molar-refractivity contribution >= 4 is 17.6 Å². The number of carbonyl (C=O) groups is 2. The maximum Gasteiger partial charge on any atom is 0.335 e. The molecule has 132 valence electrons. The van der Waals surface area contributed by atoms with Gasteiger partial charge in [0, 0.05) is 18.2 Å². The first-order valence-corrected chi connectivity index (χ1v) is 7.54. The lowest BCUT2D eigenvalue weighted by Crippen LogP contribution is -2.34. The fourth-order valence-corrected chi connectivity index (χ4v) is 2.49. The molecule has 1 atom stereocenters. The summed E-state index contributed by atoms with van der Waals surface area (Å²) in [6, 6.07) is 4.95. The third kappa shape index (κ3) is 4.53. The highest BCUT2D eigenvalue weighted by Crippen LogP contribution is 2.30. The number of halogens is 2. The van der Waals surface area contributed by atoms with Crippen LogP contribution in [0.5, 0.6) is 0 Å². The van der Waals surface area contributed by atoms with Gasteiger partial charge in [-0.1, -0.05) is 24.8 Å². The summed E-state index contributed by atoms with van der Waals surface area (Å²) in [6.45, 7) is 4.12. The van der Waals surface area contributed by atoms with Crippen molar-refractivity contribution in [1.82, 2.24) is 5.32 Å². The summed E-state index contributed by atoms with van der Waals surface area (Å²) in [4.78, 5) is 23.1. The molecular formula is C18H18F2N2O3. The van der Waals surface area contributed by atoms with Gasteiger partial charge in [0.2, 0.25) is 5.91 Å². The van der Waals surface area contributed by atoms with Crippen molar-refractivity contribution in [1.29, 1.82) is 0 Å². The van der Waals surface area contributed by atoms with E-state index in [-0.39, 0.29) is 16.8 Å². The number of allylic oxidation sites excluding steroid dienone is 1. The number of hydrogen-bond donors (Lipinski definition) is 3. The molecule has 0 heterocycles. The summed E-state index contributed by atoms with van der Waals surface area (Å²) in [6.07, 6.45) is 4.56. The van der Waals surface area contributed by atoms with Crippen LogP contribution in [0.4, 0.5) is 14.5 Å². The number of alkyl halides is 2. The van der Waals surface area contributed by atoms with Crippen molar-refractivity contribution in [3.05, 3.63) is 65.9 Å². The number of carbonyl (C=O) groups excluding carboxylic acids is 1. The lowest BCUT2D eigenvalue weighted by Gasteiger charge is -2.25. The summed E-state index contributed by atoms with van der Waals surface area (Å²) in [7, 11) is 0. The molecule has 0 aliphatic heterocycles. The van der Waals surface area contributed by atoms with Gasteiger partial charge in [-0.05, 0) is 30.7 Å². The third-order valence-corrected chi connectivity index (χ3v) is 3.68. The zero-order valence-corrected chi connectivity index (χ0v) is 13.6. The van der Waals surface area contributed by atoms with Gasteiger partial charge < -0.3 is 15.7 Å². The molecule has 1 unspecified atom stereocenters. The van der Waals surface area contributed by atoms with E-state index < -0.39 is 23.8 Å². The first kappa shape index (κ1) is 18.4. The fourth-order valence-electron chi connectivity index (χ4n) is 2.49. The van der Waals surface area contributed by atoms with Crippen LogP contribution in [0, 0.1) is 0 Å². The summed E-state index contributed by atoms with van der Waals surface area (Å²) >= 11 is 0. The van der Waals surface area contributed by atoms with Crippen LogP contribution < -0.4 is 10.6 Å². The number of benzene rings is 1. The Hall–Kier alpha value is -2.96. The number of rotatable bonds is 6. The van der Waals surface area contributed by atoms with E-state index in [1.54, 1.807) is 12.1 Å². The second-order valence-corrected chi connectivity index (χ2v) is 5.63. The number of carboxylic acid groups (broad SMARTS) is 1. The van der Waals surface area contributed by atoms with Gasteiger partial charge in [0.05, 0.1) is 17.3 Å². The molecule has 0 aromatic heterocycles. The van der Waals surface area contributed by atoms with Crippen LogP contribution in [-0.4, -0.2) is 23.0 Å². The van der Waals surface area contributed by atoms with Gasteiger partial charge in [0.15, 0.2) is 0 Å². The number of hydrogen-bond acceptors (Lipinski definition) is 3. The Morgan fingerprint density at radius 1 is 1.40 bits per heavy atom. The van der Waals surface area contributed by atoms with E-state index in [4.69, 9.17) is 0 Å². The van der Waals surface area contributed by atoms with Gasteiger partial charge in [0.1, 0.15) is 0 Å². The predicted molar refractivity (Wildman–Crippen MR) is 90.2 cm³/mol. The van der Waals surface area contributed by atoms with Crippen LogP contribution in [0.3, 0.4) is 0 Å². The third-order valence-electron chi connectivity index (χ3n) is 3.68. The molecule has 2 rings (SSSR count). The molecular weight excluding hydrogens is 330 g/mol. The van der Waals surface area contributed by atoms with Crippen molar-refractivity contribution < 1.29 is 23.5 Å². The van der Waals surface area contributed by atoms with Crippen molar-refractivity contribution in [2.24, 2.45) is 0 Å². The topological polar surface area (TPSA) is 78.4 Å². The van der Waals surface area contributed by atoms with E-state index in [1.807, 2.05) is 0 Å². The molecule has 1 aromatic rings. The standard InChI is InChI=1S/C18H18F2N2O3/c1-3-15(23)22-14-9-5-8-13(16(14)17(24)25)21-12-7-4-6-11(10-12)18(2,19)20/h3-7,9-10,13,21H,1,8H2,2H3,(H,22,23)(H,24,25). The zero-order chi connectivity index (χ0) is 18.6. The molecule has 7 heteroatoms. The maximum atomic E-state index is 13.5. The Kier molecular flexibility index (Phi) is 5.36. The number of carboxylic acids is 1. The van der Waals surface area contributed by atoms with Crippen molar-refractivity contribution in [3.63, 3.8) is 0 Å². The number of aliphatic carboxylic acids is 1. The van der Waals surface area contributed by atoms with E-state index in [1.165, 1.54) is 24.3 Å². The number of amides is 1. The lowest BCUT2D eigenvalue weighted by atomic mass is 9.95. The summed E-state index contributed by atoms with van der Waals surface area (Å²) in [5.41, 5.74) is 0.279. The van der Waals surface area contributed by atoms with Crippen molar-refractivity contribution in [2.45, 2.75) is 25.3 Å². The van der Waals surface area contributed by atoms with E-state index in [0.29, 0.717) is 12.1 Å². The lowest BCUT2D eigenvalue weighted by molar-refractivity contribution is -0.133. The van der Waals surface area contributed by atoms with Crippen LogP contribution in [0.25, 0.3) is 0 Å². The van der Waals surface area contributed by atoms with Gasteiger partial charge in [-0.15, -0.1) is 0 Å². The molecule has 1 aliphatic rings. The number of nitrogens with one attached hydrogen (secondary N) is 2. The molecule has 1 aliphatic carbocycles. The Bertz CT molecular complexity index is 764. The Morgan fingerprint density at radius 3 is 2.72 bits per heavy atom. The Balaban J connectivity index is 2.32. The molecule has 5 nitrogen and oxygen atoms in total. The van der Waals surface area contributed by atoms with Crippen LogP contribution in [-0.2, 0) is 15.5 Å². The molecule has 0 saturated heterocycles. The van der Waals surface area contributed by atoms with E-state index in [0.717, 1.165) is 13.0 Å². The van der Waals surface area contributed by atoms with Gasteiger partial charge in [-0.25, -0.2) is 13.6 Å². The Morgan fingerprint density at radius 2 is 2.12 bits per heavy atom. The van der Waals surface area contributed by atoms with Crippen LogP contribution in [0.2, 0.25) is 0 Å². The second-order valence-electron chi connectivity index (χ2n) is 5.63. The Labute approximate surface area is 143 Å².